The fourth-order valence-electron chi connectivity index (χ4n) is 3.95. The lowest BCUT2D eigenvalue weighted by Crippen LogP contribution is -2.86. The van der Waals surface area contributed by atoms with Gasteiger partial charge < -0.3 is 15.2 Å². The fourth-order valence-corrected chi connectivity index (χ4v) is 3.95. The molecule has 1 heterocycles. The number of phenolic OH excluding ortho intramolecular Hbond substituents is 1. The highest BCUT2D eigenvalue weighted by atomic mass is 16.5. The van der Waals surface area contributed by atoms with Crippen molar-refractivity contribution in [2.24, 2.45) is 0 Å². The Labute approximate surface area is 144 Å². The van der Waals surface area contributed by atoms with Crippen LogP contribution in [0.15, 0.2) is 54.6 Å². The summed E-state index contributed by atoms with van der Waals surface area (Å²) in [6.45, 7) is 7.18. The van der Waals surface area contributed by atoms with Crippen molar-refractivity contribution in [3.05, 3.63) is 65.7 Å². The SMILES string of the molecule is CC1(C)CC(C[NH2+]Cc2ccc(O)cc2)(c2ccccc2)CCO1. The molecule has 24 heavy (non-hydrogen) atoms. The molecule has 0 radical (unpaired) electrons. The highest BCUT2D eigenvalue weighted by Crippen LogP contribution is 2.40. The number of hydrogen-bond donors (Lipinski definition) is 2. The molecule has 2 aromatic carbocycles. The Morgan fingerprint density at radius 1 is 1.04 bits per heavy atom. The van der Waals surface area contributed by atoms with E-state index < -0.39 is 0 Å². The van der Waals surface area contributed by atoms with E-state index in [1.807, 2.05) is 12.1 Å². The third kappa shape index (κ3) is 3.97. The summed E-state index contributed by atoms with van der Waals surface area (Å²) in [5.74, 6) is 0.325. The molecular weight excluding hydrogens is 298 g/mol. The minimum absolute atomic E-state index is 0.0829. The van der Waals surface area contributed by atoms with Gasteiger partial charge in [0.25, 0.3) is 0 Å². The first-order chi connectivity index (χ1) is 11.5. The normalized spacial score (nSPS) is 23.1. The fraction of sp³-hybridized carbons (Fsp3) is 0.429. The number of hydrogen-bond acceptors (Lipinski definition) is 2. The van der Waals surface area contributed by atoms with Crippen molar-refractivity contribution in [1.82, 2.24) is 0 Å². The van der Waals surface area contributed by atoms with E-state index in [2.05, 4.69) is 49.5 Å². The quantitative estimate of drug-likeness (QED) is 0.887. The molecule has 0 amide bonds. The second kappa shape index (κ2) is 6.96. The molecule has 2 aromatic rings. The summed E-state index contributed by atoms with van der Waals surface area (Å²) >= 11 is 0. The predicted molar refractivity (Wildman–Crippen MR) is 96.0 cm³/mol. The maximum atomic E-state index is 9.41. The molecule has 1 aliphatic heterocycles. The van der Waals surface area contributed by atoms with Crippen LogP contribution in [0.5, 0.6) is 5.75 Å². The van der Waals surface area contributed by atoms with Gasteiger partial charge in [-0.2, -0.15) is 0 Å². The molecule has 1 atom stereocenters. The van der Waals surface area contributed by atoms with Crippen molar-refractivity contribution >= 4 is 0 Å². The van der Waals surface area contributed by atoms with Crippen molar-refractivity contribution in [3.63, 3.8) is 0 Å². The van der Waals surface area contributed by atoms with Crippen LogP contribution in [-0.2, 0) is 16.7 Å². The van der Waals surface area contributed by atoms with E-state index in [1.54, 1.807) is 12.1 Å². The Bertz CT molecular complexity index is 651. The van der Waals surface area contributed by atoms with Crippen LogP contribution < -0.4 is 5.32 Å². The van der Waals surface area contributed by atoms with Crippen molar-refractivity contribution in [1.29, 1.82) is 0 Å². The Hall–Kier alpha value is -1.84. The number of phenols is 1. The summed E-state index contributed by atoms with van der Waals surface area (Å²) < 4.78 is 5.98. The van der Waals surface area contributed by atoms with Crippen LogP contribution in [0.4, 0.5) is 0 Å². The molecule has 3 rings (SSSR count). The van der Waals surface area contributed by atoms with Gasteiger partial charge in [-0.15, -0.1) is 0 Å². The molecule has 3 heteroatoms. The maximum absolute atomic E-state index is 9.41. The summed E-state index contributed by atoms with van der Waals surface area (Å²) in [7, 11) is 0. The average molecular weight is 326 g/mol. The largest absolute Gasteiger partial charge is 0.508 e. The highest BCUT2D eigenvalue weighted by molar-refractivity contribution is 5.27. The lowest BCUT2D eigenvalue weighted by molar-refractivity contribution is -0.679. The number of ether oxygens (including phenoxy) is 1. The number of quaternary nitrogens is 1. The van der Waals surface area contributed by atoms with Gasteiger partial charge in [-0.05, 0) is 56.5 Å². The van der Waals surface area contributed by atoms with E-state index in [4.69, 9.17) is 4.74 Å². The highest BCUT2D eigenvalue weighted by Gasteiger charge is 2.43. The monoisotopic (exact) mass is 326 g/mol. The third-order valence-corrected chi connectivity index (χ3v) is 5.08. The van der Waals surface area contributed by atoms with E-state index in [1.165, 1.54) is 11.1 Å². The van der Waals surface area contributed by atoms with Crippen molar-refractivity contribution in [3.8, 4) is 5.75 Å². The zero-order valence-corrected chi connectivity index (χ0v) is 14.7. The molecule has 1 saturated heterocycles. The van der Waals surface area contributed by atoms with Gasteiger partial charge in [0.15, 0.2) is 0 Å². The van der Waals surface area contributed by atoms with Crippen LogP contribution in [0.25, 0.3) is 0 Å². The Morgan fingerprint density at radius 2 is 1.75 bits per heavy atom. The zero-order chi connectivity index (χ0) is 17.0. The summed E-state index contributed by atoms with van der Waals surface area (Å²) in [5, 5.41) is 11.8. The summed E-state index contributed by atoms with van der Waals surface area (Å²) in [6, 6.07) is 18.4. The van der Waals surface area contributed by atoms with Gasteiger partial charge >= 0.3 is 0 Å². The number of rotatable bonds is 5. The van der Waals surface area contributed by atoms with Gasteiger partial charge in [0, 0.05) is 17.6 Å². The minimum atomic E-state index is -0.0829. The molecule has 1 fully saturated rings. The molecular formula is C21H28NO2+. The van der Waals surface area contributed by atoms with Crippen molar-refractivity contribution in [2.45, 2.75) is 44.2 Å². The number of benzene rings is 2. The van der Waals surface area contributed by atoms with Gasteiger partial charge in [0.05, 0.1) is 12.1 Å². The van der Waals surface area contributed by atoms with Crippen LogP contribution in [0, 0.1) is 0 Å². The molecule has 3 nitrogen and oxygen atoms in total. The molecule has 1 aliphatic rings. The van der Waals surface area contributed by atoms with Crippen LogP contribution in [-0.4, -0.2) is 23.9 Å². The smallest absolute Gasteiger partial charge is 0.115 e. The van der Waals surface area contributed by atoms with Gasteiger partial charge in [0.1, 0.15) is 12.3 Å². The first kappa shape index (κ1) is 17.0. The molecule has 0 aromatic heterocycles. The molecule has 0 aliphatic carbocycles. The Morgan fingerprint density at radius 3 is 2.42 bits per heavy atom. The molecule has 0 bridgehead atoms. The summed E-state index contributed by atoms with van der Waals surface area (Å²) in [4.78, 5) is 0. The topological polar surface area (TPSA) is 46.1 Å². The van der Waals surface area contributed by atoms with Crippen LogP contribution in [0.2, 0.25) is 0 Å². The second-order valence-electron chi connectivity index (χ2n) is 7.54. The molecule has 1 unspecified atom stereocenters. The van der Waals surface area contributed by atoms with Crippen LogP contribution in [0.1, 0.15) is 37.8 Å². The van der Waals surface area contributed by atoms with E-state index in [0.29, 0.717) is 5.75 Å². The predicted octanol–water partition coefficient (Wildman–Crippen LogP) is 2.98. The van der Waals surface area contributed by atoms with E-state index in [0.717, 1.165) is 32.5 Å². The average Bonchev–Trinajstić information content (AvgIpc) is 2.57. The standard InChI is InChI=1S/C21H27NO2/c1-20(2)15-21(12-13-24-20,18-6-4-3-5-7-18)16-22-14-17-8-10-19(23)11-9-17/h3-11,22-23H,12-16H2,1-2H3/p+1. The number of aromatic hydroxyl groups is 1. The third-order valence-electron chi connectivity index (χ3n) is 5.08. The first-order valence-electron chi connectivity index (χ1n) is 8.78. The van der Waals surface area contributed by atoms with E-state index >= 15 is 0 Å². The van der Waals surface area contributed by atoms with Gasteiger partial charge in [-0.3, -0.25) is 0 Å². The first-order valence-corrected chi connectivity index (χ1v) is 8.78. The van der Waals surface area contributed by atoms with Crippen molar-refractivity contribution in [2.75, 3.05) is 13.2 Å². The van der Waals surface area contributed by atoms with Crippen molar-refractivity contribution < 1.29 is 15.2 Å². The Kier molecular flexibility index (Phi) is 4.93. The van der Waals surface area contributed by atoms with Crippen LogP contribution in [0.3, 0.4) is 0 Å². The summed E-state index contributed by atoms with van der Waals surface area (Å²) in [6.07, 6.45) is 2.10. The van der Waals surface area contributed by atoms with Gasteiger partial charge in [-0.1, -0.05) is 30.3 Å². The zero-order valence-electron chi connectivity index (χ0n) is 14.7. The lowest BCUT2D eigenvalue weighted by Gasteiger charge is -2.44. The van der Waals surface area contributed by atoms with Gasteiger partial charge in [0.2, 0.25) is 0 Å². The number of nitrogens with two attached hydrogens (primary N) is 1. The lowest BCUT2D eigenvalue weighted by atomic mass is 9.69. The summed E-state index contributed by atoms with van der Waals surface area (Å²) in [5.41, 5.74) is 2.73. The Balaban J connectivity index is 1.74. The van der Waals surface area contributed by atoms with E-state index in [-0.39, 0.29) is 11.0 Å². The van der Waals surface area contributed by atoms with Gasteiger partial charge in [-0.25, -0.2) is 0 Å². The minimum Gasteiger partial charge on any atom is -0.508 e. The molecule has 128 valence electrons. The molecule has 3 N–H and O–H groups in total. The second-order valence-corrected chi connectivity index (χ2v) is 7.54. The molecule has 0 spiro atoms. The van der Waals surface area contributed by atoms with E-state index in [9.17, 15) is 5.11 Å². The molecule has 0 saturated carbocycles. The maximum Gasteiger partial charge on any atom is 0.115 e. The van der Waals surface area contributed by atoms with Crippen LogP contribution >= 0.6 is 0 Å².